The Labute approximate surface area is 98.6 Å². The van der Waals surface area contributed by atoms with Crippen LogP contribution >= 0.6 is 50.5 Å². The van der Waals surface area contributed by atoms with E-state index in [0.29, 0.717) is 0 Å². The van der Waals surface area contributed by atoms with Crippen molar-refractivity contribution in [2.24, 2.45) is 0 Å². The Kier molecular flexibility index (Phi) is 2.84. The second kappa shape index (κ2) is 3.77. The molecule has 0 nitrogen and oxygen atoms in total. The van der Waals surface area contributed by atoms with Crippen molar-refractivity contribution in [2.45, 2.75) is 5.33 Å². The Morgan fingerprint density at radius 3 is 2.62 bits per heavy atom. The maximum absolute atomic E-state index is 6.08. The predicted molar refractivity (Wildman–Crippen MR) is 64.5 cm³/mol. The molecule has 4 heteroatoms. The van der Waals surface area contributed by atoms with E-state index in [1.54, 1.807) is 11.3 Å². The molecule has 0 saturated carbocycles. The number of alkyl halides is 1. The van der Waals surface area contributed by atoms with Gasteiger partial charge in [0.05, 0.1) is 9.72 Å². The monoisotopic (exact) mass is 294 g/mol. The van der Waals surface area contributed by atoms with Crippen LogP contribution in [0.2, 0.25) is 10.0 Å². The number of benzene rings is 1. The number of fused-ring (bicyclic) bond motifs is 1. The summed E-state index contributed by atoms with van der Waals surface area (Å²) >= 11 is 17.2. The van der Waals surface area contributed by atoms with Gasteiger partial charge in [-0.2, -0.15) is 0 Å². The van der Waals surface area contributed by atoms with E-state index in [0.717, 1.165) is 25.5 Å². The van der Waals surface area contributed by atoms with Crippen molar-refractivity contribution in [3.8, 4) is 0 Å². The first-order valence-electron chi connectivity index (χ1n) is 3.64. The van der Waals surface area contributed by atoms with Crippen molar-refractivity contribution in [3.05, 3.63) is 33.1 Å². The summed E-state index contributed by atoms with van der Waals surface area (Å²) < 4.78 is 1.07. The first-order valence-corrected chi connectivity index (χ1v) is 6.40. The van der Waals surface area contributed by atoms with Crippen LogP contribution in [0.1, 0.15) is 5.56 Å². The van der Waals surface area contributed by atoms with E-state index < -0.39 is 0 Å². The molecule has 0 amide bonds. The van der Waals surface area contributed by atoms with E-state index in [9.17, 15) is 0 Å². The highest BCUT2D eigenvalue weighted by Crippen LogP contribution is 2.37. The molecule has 0 unspecified atom stereocenters. The SMILES string of the molecule is Clc1ccc(Cl)c2c(CBr)csc12. The zero-order valence-corrected chi connectivity index (χ0v) is 10.4. The highest BCUT2D eigenvalue weighted by molar-refractivity contribution is 9.08. The molecule has 13 heavy (non-hydrogen) atoms. The van der Waals surface area contributed by atoms with Gasteiger partial charge < -0.3 is 0 Å². The maximum Gasteiger partial charge on any atom is 0.0585 e. The van der Waals surface area contributed by atoms with Crippen LogP contribution in [0.3, 0.4) is 0 Å². The predicted octanol–water partition coefficient (Wildman–Crippen LogP) is 5.10. The smallest absolute Gasteiger partial charge is 0.0585 e. The van der Waals surface area contributed by atoms with Gasteiger partial charge in [-0.05, 0) is 23.1 Å². The minimum atomic E-state index is 0.773. The van der Waals surface area contributed by atoms with Crippen molar-refractivity contribution in [3.63, 3.8) is 0 Å². The quantitative estimate of drug-likeness (QED) is 0.642. The topological polar surface area (TPSA) is 0 Å². The average molecular weight is 296 g/mol. The summed E-state index contributed by atoms with van der Waals surface area (Å²) in [6.07, 6.45) is 0. The van der Waals surface area contributed by atoms with Gasteiger partial charge in [0.2, 0.25) is 0 Å². The summed E-state index contributed by atoms with van der Waals surface area (Å²) in [4.78, 5) is 0. The van der Waals surface area contributed by atoms with Crippen LogP contribution in [-0.2, 0) is 5.33 Å². The number of hydrogen-bond donors (Lipinski definition) is 0. The largest absolute Gasteiger partial charge is 0.142 e. The van der Waals surface area contributed by atoms with Crippen LogP contribution in [0.5, 0.6) is 0 Å². The Morgan fingerprint density at radius 1 is 1.23 bits per heavy atom. The van der Waals surface area contributed by atoms with E-state index in [1.807, 2.05) is 12.1 Å². The third kappa shape index (κ3) is 1.61. The van der Waals surface area contributed by atoms with Gasteiger partial charge >= 0.3 is 0 Å². The molecule has 0 aliphatic rings. The summed E-state index contributed by atoms with van der Waals surface area (Å²) in [6, 6.07) is 3.67. The normalized spacial score (nSPS) is 11.0. The van der Waals surface area contributed by atoms with Gasteiger partial charge in [0.25, 0.3) is 0 Å². The molecule has 1 aromatic carbocycles. The standard InChI is InChI=1S/C9H5BrCl2S/c10-3-5-4-13-9-7(12)2-1-6(11)8(5)9/h1-2,4H,3H2. The second-order valence-corrected chi connectivity index (χ2v) is 4.88. The lowest BCUT2D eigenvalue weighted by Crippen LogP contribution is -1.75. The van der Waals surface area contributed by atoms with Crippen LogP contribution in [0.15, 0.2) is 17.5 Å². The fraction of sp³-hybridized carbons (Fsp3) is 0.111. The Hall–Kier alpha value is 0.240. The number of thiophene rings is 1. The van der Waals surface area contributed by atoms with Crippen molar-refractivity contribution in [2.75, 3.05) is 0 Å². The lowest BCUT2D eigenvalue weighted by molar-refractivity contribution is 1.55. The van der Waals surface area contributed by atoms with Gasteiger partial charge in [0, 0.05) is 15.7 Å². The van der Waals surface area contributed by atoms with Crippen LogP contribution in [0.25, 0.3) is 10.1 Å². The summed E-state index contributed by atoms with van der Waals surface area (Å²) in [5.74, 6) is 0. The Bertz CT molecular complexity index is 450. The molecule has 0 saturated heterocycles. The minimum absolute atomic E-state index is 0.773. The summed E-state index contributed by atoms with van der Waals surface area (Å²) in [5, 5.41) is 5.52. The molecule has 0 spiro atoms. The third-order valence-corrected chi connectivity index (χ3v) is 4.25. The average Bonchev–Trinajstić information content (AvgIpc) is 2.56. The zero-order chi connectivity index (χ0) is 9.42. The summed E-state index contributed by atoms with van der Waals surface area (Å²) in [6.45, 7) is 0. The first-order chi connectivity index (χ1) is 6.24. The molecule has 0 N–H and O–H groups in total. The molecule has 2 aromatic rings. The van der Waals surface area contributed by atoms with Crippen LogP contribution < -0.4 is 0 Å². The fourth-order valence-electron chi connectivity index (χ4n) is 1.23. The highest BCUT2D eigenvalue weighted by atomic mass is 79.9. The van der Waals surface area contributed by atoms with Gasteiger partial charge in [0.15, 0.2) is 0 Å². The molecular formula is C9H5BrCl2S. The molecule has 0 bridgehead atoms. The Morgan fingerprint density at radius 2 is 1.92 bits per heavy atom. The van der Waals surface area contributed by atoms with Crippen molar-refractivity contribution in [1.82, 2.24) is 0 Å². The van der Waals surface area contributed by atoms with Gasteiger partial charge in [-0.1, -0.05) is 39.1 Å². The first kappa shape index (κ1) is 9.78. The lowest BCUT2D eigenvalue weighted by atomic mass is 10.2. The van der Waals surface area contributed by atoms with E-state index in [2.05, 4.69) is 21.3 Å². The van der Waals surface area contributed by atoms with E-state index in [4.69, 9.17) is 23.2 Å². The fourth-order valence-corrected chi connectivity index (χ4v) is 3.52. The molecule has 0 radical (unpaired) electrons. The lowest BCUT2D eigenvalue weighted by Gasteiger charge is -1.98. The third-order valence-electron chi connectivity index (χ3n) is 1.84. The molecule has 1 aromatic heterocycles. The van der Waals surface area contributed by atoms with Crippen LogP contribution in [0, 0.1) is 0 Å². The van der Waals surface area contributed by atoms with E-state index >= 15 is 0 Å². The molecular weight excluding hydrogens is 291 g/mol. The second-order valence-electron chi connectivity index (χ2n) is 2.63. The van der Waals surface area contributed by atoms with Crippen LogP contribution in [0.4, 0.5) is 0 Å². The zero-order valence-electron chi connectivity index (χ0n) is 6.48. The molecule has 68 valence electrons. The van der Waals surface area contributed by atoms with Crippen molar-refractivity contribution in [1.29, 1.82) is 0 Å². The van der Waals surface area contributed by atoms with Gasteiger partial charge in [-0.25, -0.2) is 0 Å². The van der Waals surface area contributed by atoms with E-state index in [1.165, 1.54) is 5.56 Å². The van der Waals surface area contributed by atoms with Gasteiger partial charge in [-0.3, -0.25) is 0 Å². The van der Waals surface area contributed by atoms with Crippen molar-refractivity contribution < 1.29 is 0 Å². The van der Waals surface area contributed by atoms with Crippen molar-refractivity contribution >= 4 is 60.6 Å². The number of halogens is 3. The minimum Gasteiger partial charge on any atom is -0.142 e. The summed E-state index contributed by atoms with van der Waals surface area (Å²) in [5.41, 5.74) is 1.20. The molecule has 0 atom stereocenters. The van der Waals surface area contributed by atoms with Gasteiger partial charge in [-0.15, -0.1) is 11.3 Å². The molecule has 0 fully saturated rings. The molecule has 2 rings (SSSR count). The maximum atomic E-state index is 6.08. The Balaban J connectivity index is 2.87. The number of rotatable bonds is 1. The van der Waals surface area contributed by atoms with E-state index in [-0.39, 0.29) is 0 Å². The highest BCUT2D eigenvalue weighted by Gasteiger charge is 2.09. The number of hydrogen-bond acceptors (Lipinski definition) is 1. The van der Waals surface area contributed by atoms with Gasteiger partial charge in [0.1, 0.15) is 0 Å². The van der Waals surface area contributed by atoms with Crippen LogP contribution in [-0.4, -0.2) is 0 Å². The molecule has 0 aliphatic carbocycles. The summed E-state index contributed by atoms with van der Waals surface area (Å²) in [7, 11) is 0. The molecule has 0 aliphatic heterocycles. The molecule has 1 heterocycles.